The third kappa shape index (κ3) is 2.41. The van der Waals surface area contributed by atoms with E-state index < -0.39 is 0 Å². The Labute approximate surface area is 124 Å². The summed E-state index contributed by atoms with van der Waals surface area (Å²) in [5, 5.41) is 14.1. The van der Waals surface area contributed by atoms with Crippen molar-refractivity contribution in [1.82, 2.24) is 4.57 Å². The Morgan fingerprint density at radius 1 is 1.05 bits per heavy atom. The van der Waals surface area contributed by atoms with Gasteiger partial charge in [0.1, 0.15) is 0 Å². The Balaban J connectivity index is 1.92. The second kappa shape index (κ2) is 5.62. The predicted octanol–water partition coefficient (Wildman–Crippen LogP) is 3.59. The molecule has 0 aliphatic heterocycles. The Morgan fingerprint density at radius 3 is 2.52 bits per heavy atom. The number of anilines is 1. The summed E-state index contributed by atoms with van der Waals surface area (Å²) in [6, 6.07) is 16.3. The van der Waals surface area contributed by atoms with Crippen molar-refractivity contribution in [3.63, 3.8) is 0 Å². The maximum Gasteiger partial charge on any atom is 0.0701 e. The van der Waals surface area contributed by atoms with Gasteiger partial charge < -0.3 is 15.0 Å². The van der Waals surface area contributed by atoms with E-state index in [2.05, 4.69) is 48.1 Å². The van der Waals surface area contributed by atoms with Crippen molar-refractivity contribution < 1.29 is 5.11 Å². The lowest BCUT2D eigenvalue weighted by Crippen LogP contribution is -2.07. The number of rotatable bonds is 4. The highest BCUT2D eigenvalue weighted by atomic mass is 16.3. The van der Waals surface area contributed by atoms with Crippen LogP contribution in [0.3, 0.4) is 0 Å². The first-order valence-corrected chi connectivity index (χ1v) is 7.18. The van der Waals surface area contributed by atoms with E-state index in [9.17, 15) is 5.11 Å². The topological polar surface area (TPSA) is 37.2 Å². The molecule has 1 aromatic heterocycles. The maximum absolute atomic E-state index is 9.39. The molecule has 1 heterocycles. The monoisotopic (exact) mass is 280 g/mol. The molecule has 0 bridgehead atoms. The zero-order valence-electron chi connectivity index (χ0n) is 12.4. The molecule has 0 unspecified atom stereocenters. The van der Waals surface area contributed by atoms with Crippen molar-refractivity contribution >= 4 is 16.6 Å². The average molecular weight is 280 g/mol. The van der Waals surface area contributed by atoms with Crippen molar-refractivity contribution in [2.75, 3.05) is 5.32 Å². The zero-order valence-corrected chi connectivity index (χ0v) is 12.4. The van der Waals surface area contributed by atoms with Gasteiger partial charge in [-0.25, -0.2) is 0 Å². The van der Waals surface area contributed by atoms with Gasteiger partial charge in [0.25, 0.3) is 0 Å². The number of benzene rings is 2. The SMILES string of the molecule is Cc1c(CNc2ccccc2CO)n(C)c2ccccc12. The summed E-state index contributed by atoms with van der Waals surface area (Å²) in [6.07, 6.45) is 0. The molecule has 3 rings (SSSR count). The predicted molar refractivity (Wildman–Crippen MR) is 87.3 cm³/mol. The number of nitrogens with one attached hydrogen (secondary N) is 1. The Morgan fingerprint density at radius 2 is 1.76 bits per heavy atom. The van der Waals surface area contributed by atoms with Crippen LogP contribution in [0, 0.1) is 6.92 Å². The van der Waals surface area contributed by atoms with Crippen LogP contribution < -0.4 is 5.32 Å². The summed E-state index contributed by atoms with van der Waals surface area (Å²) in [5.41, 5.74) is 5.74. The van der Waals surface area contributed by atoms with Crippen LogP contribution >= 0.6 is 0 Å². The fourth-order valence-electron chi connectivity index (χ4n) is 2.90. The summed E-state index contributed by atoms with van der Waals surface area (Å²) in [5.74, 6) is 0. The maximum atomic E-state index is 9.39. The molecular weight excluding hydrogens is 260 g/mol. The van der Waals surface area contributed by atoms with Crippen LogP contribution in [0.25, 0.3) is 10.9 Å². The average Bonchev–Trinajstić information content (AvgIpc) is 2.78. The number of fused-ring (bicyclic) bond motifs is 1. The molecule has 108 valence electrons. The van der Waals surface area contributed by atoms with Gasteiger partial charge in [-0.2, -0.15) is 0 Å². The van der Waals surface area contributed by atoms with Crippen molar-refractivity contribution in [2.45, 2.75) is 20.1 Å². The molecule has 2 N–H and O–H groups in total. The fraction of sp³-hybridized carbons (Fsp3) is 0.222. The number of aliphatic hydroxyl groups is 1. The summed E-state index contributed by atoms with van der Waals surface area (Å²) in [6.45, 7) is 2.96. The first-order valence-electron chi connectivity index (χ1n) is 7.18. The van der Waals surface area contributed by atoms with Gasteiger partial charge in [-0.15, -0.1) is 0 Å². The van der Waals surface area contributed by atoms with E-state index in [-0.39, 0.29) is 6.61 Å². The van der Waals surface area contributed by atoms with E-state index in [0.717, 1.165) is 17.8 Å². The van der Waals surface area contributed by atoms with Gasteiger partial charge in [0, 0.05) is 34.9 Å². The molecule has 0 amide bonds. The van der Waals surface area contributed by atoms with Crippen LogP contribution in [0.5, 0.6) is 0 Å². The van der Waals surface area contributed by atoms with Gasteiger partial charge in [-0.05, 0) is 24.6 Å². The first-order chi connectivity index (χ1) is 10.2. The summed E-state index contributed by atoms with van der Waals surface area (Å²) in [4.78, 5) is 0. The molecular formula is C18H20N2O. The number of aliphatic hydroxyl groups excluding tert-OH is 1. The standard InChI is InChI=1S/C18H20N2O/c1-13-15-8-4-6-10-17(15)20(2)18(13)11-19-16-9-5-3-7-14(16)12-21/h3-10,19,21H,11-12H2,1-2H3. The smallest absolute Gasteiger partial charge is 0.0701 e. The number of aryl methyl sites for hydroxylation is 2. The molecule has 3 aromatic rings. The second-order valence-electron chi connectivity index (χ2n) is 5.32. The lowest BCUT2D eigenvalue weighted by molar-refractivity contribution is 0.282. The molecule has 0 aliphatic rings. The highest BCUT2D eigenvalue weighted by Gasteiger charge is 2.11. The molecule has 0 saturated heterocycles. The van der Waals surface area contributed by atoms with Crippen LogP contribution in [0.4, 0.5) is 5.69 Å². The molecule has 0 aliphatic carbocycles. The third-order valence-corrected chi connectivity index (χ3v) is 4.14. The molecule has 3 nitrogen and oxygen atoms in total. The van der Waals surface area contributed by atoms with Gasteiger partial charge in [-0.1, -0.05) is 36.4 Å². The largest absolute Gasteiger partial charge is 0.392 e. The van der Waals surface area contributed by atoms with Crippen molar-refractivity contribution in [1.29, 1.82) is 0 Å². The van der Waals surface area contributed by atoms with E-state index in [4.69, 9.17) is 0 Å². The lowest BCUT2D eigenvalue weighted by Gasteiger charge is -2.12. The minimum atomic E-state index is 0.0528. The van der Waals surface area contributed by atoms with Gasteiger partial charge >= 0.3 is 0 Å². The van der Waals surface area contributed by atoms with E-state index in [1.807, 2.05) is 24.3 Å². The number of nitrogens with zero attached hydrogens (tertiary/aromatic N) is 1. The van der Waals surface area contributed by atoms with Gasteiger partial charge in [-0.3, -0.25) is 0 Å². The third-order valence-electron chi connectivity index (χ3n) is 4.14. The van der Waals surface area contributed by atoms with E-state index >= 15 is 0 Å². The molecule has 2 aromatic carbocycles. The molecule has 0 fully saturated rings. The highest BCUT2D eigenvalue weighted by molar-refractivity contribution is 5.85. The Hall–Kier alpha value is -2.26. The number of hydrogen-bond acceptors (Lipinski definition) is 2. The van der Waals surface area contributed by atoms with Crippen molar-refractivity contribution in [3.8, 4) is 0 Å². The van der Waals surface area contributed by atoms with Crippen LogP contribution in [0.15, 0.2) is 48.5 Å². The summed E-state index contributed by atoms with van der Waals surface area (Å²) in [7, 11) is 2.10. The number of hydrogen-bond donors (Lipinski definition) is 2. The summed E-state index contributed by atoms with van der Waals surface area (Å²) < 4.78 is 2.24. The van der Waals surface area contributed by atoms with Crippen molar-refractivity contribution in [3.05, 3.63) is 65.4 Å². The van der Waals surface area contributed by atoms with Crippen LogP contribution in [0.1, 0.15) is 16.8 Å². The molecule has 0 spiro atoms. The minimum Gasteiger partial charge on any atom is -0.392 e. The normalized spacial score (nSPS) is 11.0. The molecule has 21 heavy (non-hydrogen) atoms. The minimum absolute atomic E-state index is 0.0528. The number of aromatic nitrogens is 1. The second-order valence-corrected chi connectivity index (χ2v) is 5.32. The highest BCUT2D eigenvalue weighted by Crippen LogP contribution is 2.25. The van der Waals surface area contributed by atoms with Crippen LogP contribution in [-0.4, -0.2) is 9.67 Å². The summed E-state index contributed by atoms with van der Waals surface area (Å²) >= 11 is 0. The molecule has 3 heteroatoms. The van der Waals surface area contributed by atoms with Crippen LogP contribution in [0.2, 0.25) is 0 Å². The van der Waals surface area contributed by atoms with Crippen molar-refractivity contribution in [2.24, 2.45) is 7.05 Å². The molecule has 0 saturated carbocycles. The van der Waals surface area contributed by atoms with Gasteiger partial charge in [0.05, 0.1) is 13.2 Å². The Bertz CT molecular complexity index is 735. The Kier molecular flexibility index (Phi) is 3.67. The van der Waals surface area contributed by atoms with E-state index in [0.29, 0.717) is 0 Å². The van der Waals surface area contributed by atoms with E-state index in [1.165, 1.54) is 22.2 Å². The zero-order chi connectivity index (χ0) is 14.8. The first kappa shape index (κ1) is 13.7. The fourth-order valence-corrected chi connectivity index (χ4v) is 2.90. The van der Waals surface area contributed by atoms with E-state index in [1.54, 1.807) is 0 Å². The quantitative estimate of drug-likeness (QED) is 0.766. The molecule has 0 atom stereocenters. The van der Waals surface area contributed by atoms with Gasteiger partial charge in [0.2, 0.25) is 0 Å². The van der Waals surface area contributed by atoms with Gasteiger partial charge in [0.15, 0.2) is 0 Å². The molecule has 0 radical (unpaired) electrons. The van der Waals surface area contributed by atoms with Crippen LogP contribution in [-0.2, 0) is 20.2 Å². The lowest BCUT2D eigenvalue weighted by atomic mass is 10.1. The number of para-hydroxylation sites is 2.